The zero-order chi connectivity index (χ0) is 11.8. The molecule has 1 atom stereocenters. The molecule has 1 aromatic rings. The molecule has 3 heteroatoms. The average molecular weight is 280 g/mol. The van der Waals surface area contributed by atoms with Crippen molar-refractivity contribution in [1.82, 2.24) is 0 Å². The molecule has 0 aromatic heterocycles. The summed E-state index contributed by atoms with van der Waals surface area (Å²) in [4.78, 5) is 0. The monoisotopic (exact) mass is 279 g/mol. The van der Waals surface area contributed by atoms with E-state index >= 15 is 0 Å². The lowest BCUT2D eigenvalue weighted by molar-refractivity contribution is -0.0858. The lowest BCUT2D eigenvalue weighted by Crippen LogP contribution is -2.47. The largest absolute Gasteiger partial charge is 0.384 e. The van der Waals surface area contributed by atoms with E-state index in [1.165, 1.54) is 0 Å². The zero-order valence-electron chi connectivity index (χ0n) is 9.20. The maximum atomic E-state index is 10.6. The molecule has 0 radical (unpaired) electrons. The van der Waals surface area contributed by atoms with Gasteiger partial charge in [0.1, 0.15) is 5.60 Å². The minimum atomic E-state index is -1.05. The Morgan fingerprint density at radius 1 is 1.38 bits per heavy atom. The molecule has 2 rings (SSSR count). The molecule has 0 amide bonds. The van der Waals surface area contributed by atoms with E-state index in [4.69, 9.17) is 0 Å². The first kappa shape index (κ1) is 11.6. The molecule has 1 saturated carbocycles. The first-order valence-electron chi connectivity index (χ1n) is 5.41. The fourth-order valence-corrected chi connectivity index (χ4v) is 2.55. The minimum Gasteiger partial charge on any atom is -0.384 e. The van der Waals surface area contributed by atoms with E-state index in [1.54, 1.807) is 6.92 Å². The van der Waals surface area contributed by atoms with Crippen LogP contribution in [0.3, 0.4) is 0 Å². The van der Waals surface area contributed by atoms with Crippen LogP contribution in [-0.4, -0.2) is 5.11 Å². The van der Waals surface area contributed by atoms with Gasteiger partial charge in [-0.3, -0.25) is 0 Å². The van der Waals surface area contributed by atoms with E-state index in [0.717, 1.165) is 29.3 Å². The summed E-state index contributed by atoms with van der Waals surface area (Å²) in [7, 11) is 0. The molecule has 84 valence electrons. The number of nitriles is 1. The maximum absolute atomic E-state index is 10.6. The Balaban J connectivity index is 2.38. The fourth-order valence-electron chi connectivity index (χ4n) is 2.29. The molecule has 16 heavy (non-hydrogen) atoms. The Hall–Kier alpha value is -0.850. The number of rotatable bonds is 2. The maximum Gasteiger partial charge on any atom is 0.105 e. The second kappa shape index (κ2) is 3.87. The average Bonchev–Trinajstić information content (AvgIpc) is 2.17. The van der Waals surface area contributed by atoms with Crippen LogP contribution in [0.1, 0.15) is 31.7 Å². The highest BCUT2D eigenvalue weighted by molar-refractivity contribution is 9.10. The van der Waals surface area contributed by atoms with E-state index < -0.39 is 11.0 Å². The number of hydrogen-bond donors (Lipinski definition) is 1. The van der Waals surface area contributed by atoms with Crippen molar-refractivity contribution in [3.8, 4) is 6.07 Å². The molecular formula is C13H14BrNO. The van der Waals surface area contributed by atoms with Gasteiger partial charge in [0.15, 0.2) is 0 Å². The van der Waals surface area contributed by atoms with Gasteiger partial charge in [-0.05, 0) is 37.5 Å². The molecule has 0 heterocycles. The summed E-state index contributed by atoms with van der Waals surface area (Å²) >= 11 is 3.36. The van der Waals surface area contributed by atoms with E-state index in [0.29, 0.717) is 0 Å². The Bertz CT molecular complexity index is 426. The number of hydrogen-bond acceptors (Lipinski definition) is 2. The van der Waals surface area contributed by atoms with Crippen molar-refractivity contribution in [3.63, 3.8) is 0 Å². The van der Waals surface area contributed by atoms with Crippen LogP contribution in [0.2, 0.25) is 0 Å². The third-order valence-corrected chi connectivity index (χ3v) is 4.29. The van der Waals surface area contributed by atoms with Gasteiger partial charge in [-0.1, -0.05) is 34.5 Å². The molecule has 1 aliphatic rings. The molecule has 1 unspecified atom stereocenters. The SMILES string of the molecule is CC(O)(c1ccc(Br)cc1)C1(C#N)CCC1. The molecule has 2 nitrogen and oxygen atoms in total. The van der Waals surface area contributed by atoms with Crippen LogP contribution in [0.5, 0.6) is 0 Å². The first-order valence-corrected chi connectivity index (χ1v) is 6.21. The van der Waals surface area contributed by atoms with Gasteiger partial charge >= 0.3 is 0 Å². The Kier molecular flexibility index (Phi) is 2.81. The van der Waals surface area contributed by atoms with E-state index in [9.17, 15) is 10.4 Å². The Morgan fingerprint density at radius 2 is 1.94 bits per heavy atom. The lowest BCUT2D eigenvalue weighted by atomic mass is 9.58. The van der Waals surface area contributed by atoms with Crippen molar-refractivity contribution in [2.45, 2.75) is 31.8 Å². The number of halogens is 1. The molecule has 0 saturated heterocycles. The van der Waals surface area contributed by atoms with Gasteiger partial charge in [0.05, 0.1) is 11.5 Å². The molecule has 1 aromatic carbocycles. The summed E-state index contributed by atoms with van der Waals surface area (Å²) in [5, 5.41) is 19.9. The van der Waals surface area contributed by atoms with Crippen LogP contribution < -0.4 is 0 Å². The van der Waals surface area contributed by atoms with Crippen LogP contribution >= 0.6 is 15.9 Å². The lowest BCUT2D eigenvalue weighted by Gasteiger charge is -2.46. The van der Waals surface area contributed by atoms with Crippen molar-refractivity contribution in [3.05, 3.63) is 34.3 Å². The van der Waals surface area contributed by atoms with Crippen molar-refractivity contribution in [2.75, 3.05) is 0 Å². The molecule has 1 aliphatic carbocycles. The van der Waals surface area contributed by atoms with Crippen LogP contribution in [0, 0.1) is 16.7 Å². The smallest absolute Gasteiger partial charge is 0.105 e. The van der Waals surface area contributed by atoms with Gasteiger partial charge in [-0.15, -0.1) is 0 Å². The zero-order valence-corrected chi connectivity index (χ0v) is 10.8. The molecule has 0 bridgehead atoms. The van der Waals surface area contributed by atoms with Crippen LogP contribution in [0.25, 0.3) is 0 Å². The molecule has 0 spiro atoms. The number of aliphatic hydroxyl groups is 1. The molecular weight excluding hydrogens is 266 g/mol. The Morgan fingerprint density at radius 3 is 2.31 bits per heavy atom. The minimum absolute atomic E-state index is 0.596. The standard InChI is InChI=1S/C13H14BrNO/c1-12(16,13(9-15)7-2-8-13)10-3-5-11(14)6-4-10/h3-6,16H,2,7-8H2,1H3. The predicted molar refractivity (Wildman–Crippen MR) is 65.6 cm³/mol. The Labute approximate surface area is 104 Å². The van der Waals surface area contributed by atoms with E-state index in [2.05, 4.69) is 22.0 Å². The summed E-state index contributed by atoms with van der Waals surface area (Å²) < 4.78 is 0.978. The summed E-state index contributed by atoms with van der Waals surface area (Å²) in [6.45, 7) is 1.75. The van der Waals surface area contributed by atoms with Gasteiger partial charge in [0.2, 0.25) is 0 Å². The van der Waals surface area contributed by atoms with Crippen LogP contribution in [0.4, 0.5) is 0 Å². The topological polar surface area (TPSA) is 44.0 Å². The van der Waals surface area contributed by atoms with Gasteiger partial charge in [0.25, 0.3) is 0 Å². The van der Waals surface area contributed by atoms with E-state index in [1.807, 2.05) is 24.3 Å². The number of benzene rings is 1. The summed E-state index contributed by atoms with van der Waals surface area (Å²) in [6.07, 6.45) is 2.60. The molecule has 0 aliphatic heterocycles. The highest BCUT2D eigenvalue weighted by Gasteiger charge is 2.52. The summed E-state index contributed by atoms with van der Waals surface area (Å²) in [5.41, 5.74) is -0.835. The highest BCUT2D eigenvalue weighted by Crippen LogP contribution is 2.53. The fraction of sp³-hybridized carbons (Fsp3) is 0.462. The predicted octanol–water partition coefficient (Wildman–Crippen LogP) is 3.35. The second-order valence-corrected chi connectivity index (χ2v) is 5.54. The van der Waals surface area contributed by atoms with Crippen LogP contribution in [-0.2, 0) is 5.60 Å². The molecule has 1 fully saturated rings. The van der Waals surface area contributed by atoms with Crippen LogP contribution in [0.15, 0.2) is 28.7 Å². The highest BCUT2D eigenvalue weighted by atomic mass is 79.9. The number of nitrogens with zero attached hydrogens (tertiary/aromatic N) is 1. The third kappa shape index (κ3) is 1.57. The van der Waals surface area contributed by atoms with E-state index in [-0.39, 0.29) is 0 Å². The van der Waals surface area contributed by atoms with Crippen molar-refractivity contribution in [1.29, 1.82) is 5.26 Å². The van der Waals surface area contributed by atoms with Crippen molar-refractivity contribution < 1.29 is 5.11 Å². The van der Waals surface area contributed by atoms with Crippen molar-refractivity contribution in [2.24, 2.45) is 5.41 Å². The molecule has 1 N–H and O–H groups in total. The van der Waals surface area contributed by atoms with Gasteiger partial charge in [-0.2, -0.15) is 5.26 Å². The third-order valence-electron chi connectivity index (χ3n) is 3.76. The quantitative estimate of drug-likeness (QED) is 0.902. The van der Waals surface area contributed by atoms with Gasteiger partial charge < -0.3 is 5.11 Å². The van der Waals surface area contributed by atoms with Gasteiger partial charge in [0, 0.05) is 4.47 Å². The summed E-state index contributed by atoms with van der Waals surface area (Å²) in [5.74, 6) is 0. The first-order chi connectivity index (χ1) is 7.52. The van der Waals surface area contributed by atoms with Gasteiger partial charge in [-0.25, -0.2) is 0 Å². The van der Waals surface area contributed by atoms with Crippen molar-refractivity contribution >= 4 is 15.9 Å². The normalized spacial score (nSPS) is 21.6. The second-order valence-electron chi connectivity index (χ2n) is 4.63. The summed E-state index contributed by atoms with van der Waals surface area (Å²) in [6, 6.07) is 9.85.